The molecule has 0 aromatic carbocycles. The van der Waals surface area contributed by atoms with Gasteiger partial charge in [-0.15, -0.1) is 0 Å². The fourth-order valence-corrected chi connectivity index (χ4v) is 1.71. The Kier molecular flexibility index (Phi) is 2.31. The molecule has 1 aliphatic rings. The van der Waals surface area contributed by atoms with Gasteiger partial charge in [-0.05, 0) is 26.8 Å². The molecule has 2 heterocycles. The van der Waals surface area contributed by atoms with Crippen molar-refractivity contribution in [2.45, 2.75) is 32.0 Å². The molecule has 1 aromatic heterocycles. The van der Waals surface area contributed by atoms with Crippen molar-refractivity contribution in [3.05, 3.63) is 18.0 Å². The van der Waals surface area contributed by atoms with Crippen molar-refractivity contribution in [1.29, 1.82) is 0 Å². The van der Waals surface area contributed by atoms with Crippen LogP contribution in [0.4, 0.5) is 4.39 Å². The molecule has 1 fully saturated rings. The topological polar surface area (TPSA) is 29.9 Å². The van der Waals surface area contributed by atoms with E-state index >= 15 is 0 Å². The molecular formula is C10H16FN3. The summed E-state index contributed by atoms with van der Waals surface area (Å²) in [5, 5.41) is 7.47. The molecule has 0 radical (unpaired) electrons. The second-order valence-electron chi connectivity index (χ2n) is 4.33. The van der Waals surface area contributed by atoms with E-state index in [0.717, 1.165) is 19.5 Å². The van der Waals surface area contributed by atoms with Gasteiger partial charge in [-0.25, -0.2) is 4.39 Å². The molecule has 0 amide bonds. The van der Waals surface area contributed by atoms with Gasteiger partial charge in [0, 0.05) is 18.3 Å². The third-order valence-electron chi connectivity index (χ3n) is 2.70. The largest absolute Gasteiger partial charge is 0.315 e. The maximum Gasteiger partial charge on any atom is 0.133 e. The predicted molar refractivity (Wildman–Crippen MR) is 52.9 cm³/mol. The van der Waals surface area contributed by atoms with E-state index in [1.54, 1.807) is 20.0 Å². The first kappa shape index (κ1) is 9.65. The summed E-state index contributed by atoms with van der Waals surface area (Å²) in [6.45, 7) is 5.08. The van der Waals surface area contributed by atoms with Crippen LogP contribution in [0.5, 0.6) is 0 Å². The summed E-state index contributed by atoms with van der Waals surface area (Å²) in [6, 6.07) is 0.395. The molecule has 14 heavy (non-hydrogen) atoms. The van der Waals surface area contributed by atoms with Crippen LogP contribution in [0.2, 0.25) is 0 Å². The number of nitrogens with zero attached hydrogens (tertiary/aromatic N) is 2. The van der Waals surface area contributed by atoms with E-state index in [0.29, 0.717) is 11.6 Å². The van der Waals surface area contributed by atoms with Gasteiger partial charge in [-0.3, -0.25) is 4.68 Å². The van der Waals surface area contributed by atoms with Crippen molar-refractivity contribution in [3.63, 3.8) is 0 Å². The van der Waals surface area contributed by atoms with E-state index in [-0.39, 0.29) is 0 Å². The summed E-state index contributed by atoms with van der Waals surface area (Å²) < 4.78 is 15.4. The molecule has 78 valence electrons. The van der Waals surface area contributed by atoms with Crippen molar-refractivity contribution in [3.8, 4) is 0 Å². The molecule has 0 bridgehead atoms. The molecule has 3 nitrogen and oxygen atoms in total. The summed E-state index contributed by atoms with van der Waals surface area (Å²) in [5.74, 6) is 0. The minimum Gasteiger partial charge on any atom is -0.315 e. The van der Waals surface area contributed by atoms with Crippen LogP contribution >= 0.6 is 0 Å². The minimum absolute atomic E-state index is 0.395. The SMILES string of the molecule is CC(C)(F)c1cnn(C2CCNC2)c1. The van der Waals surface area contributed by atoms with Gasteiger partial charge < -0.3 is 5.32 Å². The molecular weight excluding hydrogens is 181 g/mol. The molecule has 0 spiro atoms. The predicted octanol–water partition coefficient (Wildman–Crippen LogP) is 1.62. The van der Waals surface area contributed by atoms with Gasteiger partial charge in [0.25, 0.3) is 0 Å². The molecule has 4 heteroatoms. The average Bonchev–Trinajstić information content (AvgIpc) is 2.73. The number of hydrogen-bond acceptors (Lipinski definition) is 2. The number of alkyl halides is 1. The molecule has 1 unspecified atom stereocenters. The third kappa shape index (κ3) is 1.80. The Hall–Kier alpha value is -0.900. The number of rotatable bonds is 2. The number of hydrogen-bond donors (Lipinski definition) is 1. The van der Waals surface area contributed by atoms with Gasteiger partial charge in [0.05, 0.1) is 12.2 Å². The Morgan fingerprint density at radius 3 is 2.93 bits per heavy atom. The van der Waals surface area contributed by atoms with Gasteiger partial charge in [0.15, 0.2) is 0 Å². The highest BCUT2D eigenvalue weighted by atomic mass is 19.1. The molecule has 1 N–H and O–H groups in total. The number of halogens is 1. The normalized spacial score (nSPS) is 22.9. The lowest BCUT2D eigenvalue weighted by molar-refractivity contribution is 0.221. The zero-order valence-corrected chi connectivity index (χ0v) is 8.63. The molecule has 1 aromatic rings. The minimum atomic E-state index is -1.29. The van der Waals surface area contributed by atoms with Crippen LogP contribution in [0.3, 0.4) is 0 Å². The van der Waals surface area contributed by atoms with Crippen LogP contribution in [-0.4, -0.2) is 22.9 Å². The van der Waals surface area contributed by atoms with Gasteiger partial charge in [-0.2, -0.15) is 5.10 Å². The van der Waals surface area contributed by atoms with E-state index in [4.69, 9.17) is 0 Å². The van der Waals surface area contributed by atoms with Gasteiger partial charge in [-0.1, -0.05) is 0 Å². The smallest absolute Gasteiger partial charge is 0.133 e. The maximum absolute atomic E-state index is 13.6. The van der Waals surface area contributed by atoms with Crippen LogP contribution in [0.15, 0.2) is 12.4 Å². The fourth-order valence-electron chi connectivity index (χ4n) is 1.71. The van der Waals surface area contributed by atoms with Crippen molar-refractivity contribution in [2.24, 2.45) is 0 Å². The van der Waals surface area contributed by atoms with Crippen LogP contribution in [0.25, 0.3) is 0 Å². The third-order valence-corrected chi connectivity index (χ3v) is 2.70. The van der Waals surface area contributed by atoms with Gasteiger partial charge in [0.2, 0.25) is 0 Å². The maximum atomic E-state index is 13.6. The summed E-state index contributed by atoms with van der Waals surface area (Å²) in [6.07, 6.45) is 4.52. The van der Waals surface area contributed by atoms with Gasteiger partial charge in [0.1, 0.15) is 5.67 Å². The van der Waals surface area contributed by atoms with Crippen molar-refractivity contribution in [2.75, 3.05) is 13.1 Å². The fraction of sp³-hybridized carbons (Fsp3) is 0.700. The summed E-state index contributed by atoms with van der Waals surface area (Å²) in [4.78, 5) is 0. The summed E-state index contributed by atoms with van der Waals surface area (Å²) in [7, 11) is 0. The van der Waals surface area contributed by atoms with Crippen molar-refractivity contribution < 1.29 is 4.39 Å². The van der Waals surface area contributed by atoms with E-state index in [2.05, 4.69) is 10.4 Å². The highest BCUT2D eigenvalue weighted by Crippen LogP contribution is 2.25. The quantitative estimate of drug-likeness (QED) is 0.780. The molecule has 2 rings (SSSR count). The Morgan fingerprint density at radius 2 is 2.43 bits per heavy atom. The first-order valence-corrected chi connectivity index (χ1v) is 5.01. The Bertz CT molecular complexity index is 307. The second kappa shape index (κ2) is 3.35. The number of aromatic nitrogens is 2. The number of nitrogens with one attached hydrogen (secondary N) is 1. The van der Waals surface area contributed by atoms with Crippen LogP contribution in [0, 0.1) is 0 Å². The lowest BCUT2D eigenvalue weighted by Crippen LogP contribution is -2.14. The summed E-state index contributed by atoms with van der Waals surface area (Å²) >= 11 is 0. The first-order valence-electron chi connectivity index (χ1n) is 5.01. The van der Waals surface area contributed by atoms with Crippen molar-refractivity contribution in [1.82, 2.24) is 15.1 Å². The van der Waals surface area contributed by atoms with E-state index < -0.39 is 5.67 Å². The first-order chi connectivity index (χ1) is 6.57. The van der Waals surface area contributed by atoms with Gasteiger partial charge >= 0.3 is 0 Å². The standard InChI is InChI=1S/C10H16FN3/c1-10(2,11)8-5-13-14(7-8)9-3-4-12-6-9/h5,7,9,12H,3-4,6H2,1-2H3. The van der Waals surface area contributed by atoms with Crippen LogP contribution in [0.1, 0.15) is 31.9 Å². The second-order valence-corrected chi connectivity index (χ2v) is 4.33. The zero-order chi connectivity index (χ0) is 10.2. The highest BCUT2D eigenvalue weighted by Gasteiger charge is 2.23. The Labute approximate surface area is 83.3 Å². The van der Waals surface area contributed by atoms with E-state index in [1.165, 1.54) is 0 Å². The van der Waals surface area contributed by atoms with Crippen LogP contribution < -0.4 is 5.32 Å². The zero-order valence-electron chi connectivity index (χ0n) is 8.63. The van der Waals surface area contributed by atoms with E-state index in [1.807, 2.05) is 10.9 Å². The summed E-state index contributed by atoms with van der Waals surface area (Å²) in [5.41, 5.74) is -0.631. The molecule has 1 atom stereocenters. The highest BCUT2D eigenvalue weighted by molar-refractivity contribution is 5.13. The Morgan fingerprint density at radius 1 is 1.64 bits per heavy atom. The lowest BCUT2D eigenvalue weighted by Gasteiger charge is -2.11. The van der Waals surface area contributed by atoms with Crippen molar-refractivity contribution >= 4 is 0 Å². The lowest BCUT2D eigenvalue weighted by atomic mass is 10.1. The monoisotopic (exact) mass is 197 g/mol. The Balaban J connectivity index is 2.17. The average molecular weight is 197 g/mol. The van der Waals surface area contributed by atoms with E-state index in [9.17, 15) is 4.39 Å². The molecule has 1 saturated heterocycles. The molecule has 0 aliphatic carbocycles. The van der Waals surface area contributed by atoms with Crippen LogP contribution in [-0.2, 0) is 5.67 Å². The molecule has 0 saturated carbocycles. The molecule has 1 aliphatic heterocycles.